The molecule has 0 aromatic heterocycles. The normalized spacial score (nSPS) is 21.3. The number of phenolic OH excluding ortho intramolecular Hbond substituents is 1. The van der Waals surface area contributed by atoms with E-state index in [1.54, 1.807) is 32.9 Å². The van der Waals surface area contributed by atoms with Gasteiger partial charge in [0.1, 0.15) is 18.1 Å². The molecule has 300 valence electrons. The first-order valence-electron chi connectivity index (χ1n) is 17.7. The molecule has 0 radical (unpaired) electrons. The zero-order valence-electron chi connectivity index (χ0n) is 32.7. The van der Waals surface area contributed by atoms with E-state index < -0.39 is 81.6 Å². The summed E-state index contributed by atoms with van der Waals surface area (Å²) in [6, 6.07) is -0.446. The summed E-state index contributed by atoms with van der Waals surface area (Å²) in [5, 5.41) is 20.7. The molecule has 1 aromatic carbocycles. The Bertz CT molecular complexity index is 1630. The number of benzene rings is 1. The summed E-state index contributed by atoms with van der Waals surface area (Å²) < 4.78 is 57.8. The zero-order chi connectivity index (χ0) is 40.4. The second-order valence-electron chi connectivity index (χ2n) is 17.0. The van der Waals surface area contributed by atoms with Gasteiger partial charge < -0.3 is 36.0 Å². The Balaban J connectivity index is 1.79. The van der Waals surface area contributed by atoms with Crippen LogP contribution in [-0.4, -0.2) is 117 Å². The van der Waals surface area contributed by atoms with E-state index >= 15 is 0 Å². The molecule has 1 aliphatic carbocycles. The van der Waals surface area contributed by atoms with Gasteiger partial charge in [-0.15, -0.1) is 0 Å². The zero-order valence-corrected chi connectivity index (χ0v) is 33.5. The predicted octanol–water partition coefficient (Wildman–Crippen LogP) is 2.70. The average Bonchev–Trinajstić information content (AvgIpc) is 3.32. The van der Waals surface area contributed by atoms with Crippen LogP contribution in [0.5, 0.6) is 11.5 Å². The van der Waals surface area contributed by atoms with Gasteiger partial charge in [-0.05, 0) is 52.2 Å². The number of carbonyl (C=O) groups is 4. The number of carbonyl (C=O) groups excluding carboxylic acids is 4. The van der Waals surface area contributed by atoms with Crippen LogP contribution in [0.1, 0.15) is 67.4 Å². The molecule has 0 spiro atoms. The molecule has 1 saturated heterocycles. The third-order valence-electron chi connectivity index (χ3n) is 10.5. The van der Waals surface area contributed by atoms with Crippen LogP contribution in [0.4, 0.5) is 13.6 Å². The first-order chi connectivity index (χ1) is 24.2. The predicted molar refractivity (Wildman–Crippen MR) is 196 cm³/mol. The van der Waals surface area contributed by atoms with Crippen LogP contribution in [0.25, 0.3) is 0 Å². The number of hydrogen-bond donors (Lipinski definition) is 5. The highest BCUT2D eigenvalue weighted by Gasteiger charge is 2.70. The number of phenols is 1. The number of piperidine rings is 1. The van der Waals surface area contributed by atoms with Crippen molar-refractivity contribution in [1.82, 2.24) is 30.5 Å². The minimum absolute atomic E-state index is 0.0187. The Labute approximate surface area is 312 Å². The van der Waals surface area contributed by atoms with Gasteiger partial charge in [-0.2, -0.15) is 0 Å². The molecular weight excluding hydrogens is 714 g/mol. The molecule has 3 rings (SSSR count). The Kier molecular flexibility index (Phi) is 13.5. The monoisotopic (exact) mass is 772 g/mol. The second-order valence-corrected chi connectivity index (χ2v) is 19.1. The number of urea groups is 1. The average molecular weight is 773 g/mol. The Morgan fingerprint density at radius 2 is 1.68 bits per heavy atom. The van der Waals surface area contributed by atoms with Crippen molar-refractivity contribution in [3.63, 3.8) is 0 Å². The van der Waals surface area contributed by atoms with Gasteiger partial charge in [0.15, 0.2) is 11.5 Å². The van der Waals surface area contributed by atoms with Crippen molar-refractivity contribution in [1.29, 1.82) is 0 Å². The fourth-order valence-corrected chi connectivity index (χ4v) is 7.32. The van der Waals surface area contributed by atoms with Crippen molar-refractivity contribution in [2.75, 3.05) is 40.0 Å². The summed E-state index contributed by atoms with van der Waals surface area (Å²) in [6.45, 7) is 14.9. The van der Waals surface area contributed by atoms with E-state index in [9.17, 15) is 41.5 Å². The maximum absolute atomic E-state index is 14.3. The number of rotatable bonds is 15. The molecule has 6 atom stereocenters. The fraction of sp³-hybridized carbons (Fsp3) is 0.722. The van der Waals surface area contributed by atoms with Crippen LogP contribution in [0.15, 0.2) is 18.2 Å². The lowest BCUT2D eigenvalue weighted by molar-refractivity contribution is -0.144. The van der Waals surface area contributed by atoms with Crippen LogP contribution >= 0.6 is 0 Å². The maximum Gasteiger partial charge on any atom is 0.315 e. The number of fused-ring (bicyclic) bond motifs is 1. The number of sulfonamides is 1. The number of alkyl halides is 2. The highest BCUT2D eigenvalue weighted by Crippen LogP contribution is 2.65. The van der Waals surface area contributed by atoms with Gasteiger partial charge in [0.25, 0.3) is 0 Å². The second kappa shape index (κ2) is 16.3. The first kappa shape index (κ1) is 43.7. The topological polar surface area (TPSA) is 186 Å². The van der Waals surface area contributed by atoms with Gasteiger partial charge in [-0.1, -0.05) is 61.5 Å². The molecule has 2 fully saturated rings. The van der Waals surface area contributed by atoms with E-state index in [1.807, 2.05) is 34.6 Å². The molecule has 53 heavy (non-hydrogen) atoms. The van der Waals surface area contributed by atoms with Gasteiger partial charge in [-0.25, -0.2) is 26.3 Å². The molecule has 5 N–H and O–H groups in total. The number of amides is 5. The summed E-state index contributed by atoms with van der Waals surface area (Å²) >= 11 is 0. The highest BCUT2D eigenvalue weighted by atomic mass is 32.2. The van der Waals surface area contributed by atoms with E-state index in [1.165, 1.54) is 25.1 Å². The smallest absolute Gasteiger partial charge is 0.315 e. The molecule has 1 aromatic rings. The maximum atomic E-state index is 14.3. The number of likely N-dealkylation sites (tertiary alicyclic amines) is 1. The number of likely N-dealkylation sites (N-methyl/N-ethyl adjacent to an activating group) is 1. The lowest BCUT2D eigenvalue weighted by atomic mass is 9.85. The summed E-state index contributed by atoms with van der Waals surface area (Å²) in [6.07, 6.45) is -2.54. The van der Waals surface area contributed by atoms with Crippen molar-refractivity contribution >= 4 is 33.8 Å². The number of nitrogens with zero attached hydrogens (tertiary/aromatic N) is 2. The van der Waals surface area contributed by atoms with Crippen LogP contribution in [0.3, 0.4) is 0 Å². The summed E-state index contributed by atoms with van der Waals surface area (Å²) in [5.41, 5.74) is -1.10. The van der Waals surface area contributed by atoms with Gasteiger partial charge >= 0.3 is 6.03 Å². The lowest BCUT2D eigenvalue weighted by Crippen LogP contribution is -2.62. The molecule has 1 saturated carbocycles. The molecule has 5 amide bonds. The molecule has 1 aliphatic heterocycles. The Morgan fingerprint density at radius 3 is 2.19 bits per heavy atom. The van der Waals surface area contributed by atoms with Crippen molar-refractivity contribution in [2.45, 2.75) is 98.8 Å². The summed E-state index contributed by atoms with van der Waals surface area (Å²) in [7, 11) is -0.730. The SMILES string of the molecule is COc1ccc(CCNC(=O)[C@H](CC(F)F)NC(=O)[C@@H]2[C@@H]3[C@H](CN2C(=O)[C@@H](NC(=O)N[C@H](CN(C)S(C)(=O)=O)C(C)(C)C)C(C)(C)C)C3(C)C)cc1O. The largest absolute Gasteiger partial charge is 0.504 e. The van der Waals surface area contributed by atoms with E-state index in [0.29, 0.717) is 5.56 Å². The number of halogens is 2. The van der Waals surface area contributed by atoms with Gasteiger partial charge in [0, 0.05) is 39.1 Å². The number of nitrogens with one attached hydrogen (secondary N) is 4. The summed E-state index contributed by atoms with van der Waals surface area (Å²) in [5.74, 6) is -2.31. The molecule has 0 unspecified atom stereocenters. The number of ether oxygens (including phenoxy) is 1. The minimum Gasteiger partial charge on any atom is -0.504 e. The number of methoxy groups -OCH3 is 1. The van der Waals surface area contributed by atoms with Crippen LogP contribution in [0.2, 0.25) is 0 Å². The quantitative estimate of drug-likeness (QED) is 0.180. The Morgan fingerprint density at radius 1 is 1.06 bits per heavy atom. The fourth-order valence-electron chi connectivity index (χ4n) is 6.90. The standard InChI is InChI=1S/C36H58F2N6O8S/c1-34(2,3)25(19-43(9)53(11,50)51)41-33(49)42-29(35(4,5)6)32(48)44-18-21-27(36(21,7)8)28(44)31(47)40-22(17-26(37)38)30(46)39-15-14-20-12-13-24(52-10)23(45)16-20/h12-13,16,21-22,25-29,45H,14-15,17-19H2,1-11H3,(H,39,46)(H,40,47)(H2,41,42,49)/t21-,22-,25+,27-,28-,29+/m0/s1. The molecule has 14 nitrogen and oxygen atoms in total. The summed E-state index contributed by atoms with van der Waals surface area (Å²) in [4.78, 5) is 56.3. The van der Waals surface area contributed by atoms with Crippen molar-refractivity contribution in [2.24, 2.45) is 28.1 Å². The van der Waals surface area contributed by atoms with E-state index in [2.05, 4.69) is 21.3 Å². The van der Waals surface area contributed by atoms with Crippen molar-refractivity contribution in [3.05, 3.63) is 23.8 Å². The van der Waals surface area contributed by atoms with Crippen LogP contribution in [-0.2, 0) is 30.8 Å². The molecule has 1 heterocycles. The van der Waals surface area contributed by atoms with Crippen LogP contribution < -0.4 is 26.0 Å². The minimum atomic E-state index is -3.55. The third kappa shape index (κ3) is 10.9. The molecular formula is C36H58F2N6O8S. The first-order valence-corrected chi connectivity index (χ1v) is 19.6. The molecule has 0 bridgehead atoms. The van der Waals surface area contributed by atoms with Gasteiger partial charge in [0.05, 0.1) is 13.4 Å². The van der Waals surface area contributed by atoms with Gasteiger partial charge in [0.2, 0.25) is 34.2 Å². The van der Waals surface area contributed by atoms with E-state index in [0.717, 1.165) is 10.6 Å². The highest BCUT2D eigenvalue weighted by molar-refractivity contribution is 7.88. The van der Waals surface area contributed by atoms with E-state index in [4.69, 9.17) is 4.74 Å². The Hall–Kier alpha value is -3.73. The number of hydrogen-bond acceptors (Lipinski definition) is 8. The van der Waals surface area contributed by atoms with Crippen LogP contribution in [0, 0.1) is 28.1 Å². The van der Waals surface area contributed by atoms with Crippen molar-refractivity contribution < 1.29 is 46.2 Å². The van der Waals surface area contributed by atoms with E-state index in [-0.39, 0.29) is 54.8 Å². The number of aromatic hydroxyl groups is 1. The lowest BCUT2D eigenvalue weighted by Gasteiger charge is -2.39. The van der Waals surface area contributed by atoms with Gasteiger partial charge in [-0.3, -0.25) is 14.4 Å². The van der Waals surface area contributed by atoms with Crippen molar-refractivity contribution in [3.8, 4) is 11.5 Å². The molecule has 2 aliphatic rings. The molecule has 17 heteroatoms. The third-order valence-corrected chi connectivity index (χ3v) is 11.8.